The van der Waals surface area contributed by atoms with Crippen LogP contribution in [0.25, 0.3) is 0 Å². The minimum atomic E-state index is -0.293. The molecule has 2 rings (SSSR count). The van der Waals surface area contributed by atoms with Crippen LogP contribution >= 0.6 is 0 Å². The molecule has 0 heterocycles. The number of carbonyl (C=O) groups is 3. The number of anilines is 1. The highest BCUT2D eigenvalue weighted by molar-refractivity contribution is 5.94. The van der Waals surface area contributed by atoms with Crippen LogP contribution in [0.3, 0.4) is 0 Å². The topological polar surface area (TPSA) is 92.2 Å². The van der Waals surface area contributed by atoms with Crippen LogP contribution in [0.4, 0.5) is 5.69 Å². The van der Waals surface area contributed by atoms with Crippen molar-refractivity contribution in [1.29, 1.82) is 0 Å². The molecule has 3 N–H and O–H groups in total. The average molecular weight is 363 g/mol. The molecular weight excluding hydrogens is 336 g/mol. The Kier molecular flexibility index (Phi) is 6.97. The fourth-order valence-corrected chi connectivity index (χ4v) is 2.44. The maximum absolute atomic E-state index is 12.2. The molecular formula is C18H27N4O4+. The van der Waals surface area contributed by atoms with Crippen LogP contribution in [0, 0.1) is 0 Å². The SMILES string of the molecule is COc1cccc(NC(=O)CN(C)C(=O)C[NH+](C)CC(=O)NC2CC2)c1. The molecule has 26 heavy (non-hydrogen) atoms. The molecule has 8 nitrogen and oxygen atoms in total. The van der Waals surface area contributed by atoms with Gasteiger partial charge < -0.3 is 25.2 Å². The lowest BCUT2D eigenvalue weighted by atomic mass is 10.3. The predicted molar refractivity (Wildman–Crippen MR) is 97.0 cm³/mol. The quantitative estimate of drug-likeness (QED) is 0.519. The Morgan fingerprint density at radius 1 is 1.23 bits per heavy atom. The van der Waals surface area contributed by atoms with Gasteiger partial charge in [0, 0.05) is 24.8 Å². The van der Waals surface area contributed by atoms with Crippen LogP contribution in [-0.2, 0) is 14.4 Å². The van der Waals surface area contributed by atoms with Gasteiger partial charge in [-0.2, -0.15) is 0 Å². The molecule has 1 aromatic carbocycles. The number of hydrogen-bond acceptors (Lipinski definition) is 4. The van der Waals surface area contributed by atoms with E-state index in [0.29, 0.717) is 17.5 Å². The Morgan fingerprint density at radius 2 is 1.96 bits per heavy atom. The molecule has 8 heteroatoms. The summed E-state index contributed by atoms with van der Waals surface area (Å²) in [5, 5.41) is 5.63. The fourth-order valence-electron chi connectivity index (χ4n) is 2.44. The van der Waals surface area contributed by atoms with Crippen molar-refractivity contribution in [3.8, 4) is 5.75 Å². The van der Waals surface area contributed by atoms with Crippen molar-refractivity contribution in [3.63, 3.8) is 0 Å². The minimum Gasteiger partial charge on any atom is -0.497 e. The predicted octanol–water partition coefficient (Wildman–Crippen LogP) is -1.11. The summed E-state index contributed by atoms with van der Waals surface area (Å²) < 4.78 is 5.11. The Labute approximate surface area is 153 Å². The monoisotopic (exact) mass is 363 g/mol. The number of carbonyl (C=O) groups excluding carboxylic acids is 3. The maximum Gasteiger partial charge on any atom is 0.277 e. The molecule has 0 spiro atoms. The number of rotatable bonds is 9. The van der Waals surface area contributed by atoms with E-state index in [1.807, 2.05) is 0 Å². The molecule has 0 saturated heterocycles. The van der Waals surface area contributed by atoms with Crippen molar-refractivity contribution in [1.82, 2.24) is 10.2 Å². The number of likely N-dealkylation sites (N-methyl/N-ethyl adjacent to an activating group) is 2. The van der Waals surface area contributed by atoms with Crippen molar-refractivity contribution in [2.75, 3.05) is 46.2 Å². The van der Waals surface area contributed by atoms with E-state index in [1.165, 1.54) is 4.90 Å². The summed E-state index contributed by atoms with van der Waals surface area (Å²) >= 11 is 0. The van der Waals surface area contributed by atoms with E-state index in [4.69, 9.17) is 4.74 Å². The number of benzene rings is 1. The maximum atomic E-state index is 12.2. The molecule has 1 saturated carbocycles. The summed E-state index contributed by atoms with van der Waals surface area (Å²) in [4.78, 5) is 38.2. The zero-order valence-electron chi connectivity index (χ0n) is 15.5. The lowest BCUT2D eigenvalue weighted by Gasteiger charge is -2.19. The first-order valence-corrected chi connectivity index (χ1v) is 8.66. The first-order chi connectivity index (χ1) is 12.4. The van der Waals surface area contributed by atoms with Crippen LogP contribution in [0.15, 0.2) is 24.3 Å². The minimum absolute atomic E-state index is 0.0452. The average Bonchev–Trinajstić information content (AvgIpc) is 3.38. The fraction of sp³-hybridized carbons (Fsp3) is 0.500. The van der Waals surface area contributed by atoms with E-state index in [1.54, 1.807) is 45.5 Å². The van der Waals surface area contributed by atoms with Gasteiger partial charge in [-0.3, -0.25) is 14.4 Å². The summed E-state index contributed by atoms with van der Waals surface area (Å²) in [5.74, 6) is 0.110. The number of methoxy groups -OCH3 is 1. The number of nitrogens with one attached hydrogen (secondary N) is 3. The number of amides is 3. The molecule has 1 aromatic rings. The summed E-state index contributed by atoms with van der Waals surface area (Å²) in [7, 11) is 4.91. The van der Waals surface area contributed by atoms with E-state index in [-0.39, 0.29) is 37.4 Å². The number of hydrogen-bond donors (Lipinski definition) is 3. The van der Waals surface area contributed by atoms with Crippen LogP contribution in [0.5, 0.6) is 5.75 Å². The third kappa shape index (κ3) is 6.72. The lowest BCUT2D eigenvalue weighted by Crippen LogP contribution is -3.11. The highest BCUT2D eigenvalue weighted by Gasteiger charge is 2.25. The molecule has 1 unspecified atom stereocenters. The summed E-state index contributed by atoms with van der Waals surface area (Å²) in [6.45, 7) is 0.338. The second-order valence-electron chi connectivity index (χ2n) is 6.68. The molecule has 1 aliphatic rings. The van der Waals surface area contributed by atoms with Crippen molar-refractivity contribution in [3.05, 3.63) is 24.3 Å². The lowest BCUT2D eigenvalue weighted by molar-refractivity contribution is -0.862. The summed E-state index contributed by atoms with van der Waals surface area (Å²) in [5.41, 5.74) is 0.606. The van der Waals surface area contributed by atoms with Gasteiger partial charge >= 0.3 is 0 Å². The van der Waals surface area contributed by atoms with E-state index in [9.17, 15) is 14.4 Å². The molecule has 1 aliphatic carbocycles. The normalized spacial score (nSPS) is 14.3. The molecule has 0 aliphatic heterocycles. The standard InChI is InChI=1S/C18H26N4O4/c1-21(10-16(23)19-13-7-8-13)12-18(25)22(2)11-17(24)20-14-5-4-6-15(9-14)26-3/h4-6,9,13H,7-8,10-12H2,1-3H3,(H,19,23)(H,20,24)/p+1. The van der Waals surface area contributed by atoms with Gasteiger partial charge in [0.2, 0.25) is 5.91 Å². The van der Waals surface area contributed by atoms with Crippen LogP contribution < -0.4 is 20.3 Å². The first-order valence-electron chi connectivity index (χ1n) is 8.66. The van der Waals surface area contributed by atoms with Crippen molar-refractivity contribution < 1.29 is 24.0 Å². The smallest absolute Gasteiger partial charge is 0.277 e. The van der Waals surface area contributed by atoms with Crippen molar-refractivity contribution >= 4 is 23.4 Å². The van der Waals surface area contributed by atoms with E-state index < -0.39 is 0 Å². The highest BCUT2D eigenvalue weighted by Crippen LogP contribution is 2.18. The van der Waals surface area contributed by atoms with Gasteiger partial charge in [0.1, 0.15) is 5.75 Å². The van der Waals surface area contributed by atoms with E-state index in [0.717, 1.165) is 17.7 Å². The second-order valence-corrected chi connectivity index (χ2v) is 6.68. The van der Waals surface area contributed by atoms with Gasteiger partial charge in [0.25, 0.3) is 11.8 Å². The summed E-state index contributed by atoms with van der Waals surface area (Å²) in [6, 6.07) is 7.32. The zero-order chi connectivity index (χ0) is 19.1. The van der Waals surface area contributed by atoms with Gasteiger partial charge in [0.05, 0.1) is 20.7 Å². The Hall–Kier alpha value is -2.61. The number of nitrogens with zero attached hydrogens (tertiary/aromatic N) is 1. The third-order valence-electron chi connectivity index (χ3n) is 4.02. The van der Waals surface area contributed by atoms with Gasteiger partial charge in [-0.25, -0.2) is 0 Å². The van der Waals surface area contributed by atoms with Crippen LogP contribution in [0.1, 0.15) is 12.8 Å². The van der Waals surface area contributed by atoms with Crippen LogP contribution in [-0.4, -0.2) is 69.5 Å². The largest absolute Gasteiger partial charge is 0.497 e. The molecule has 0 aromatic heterocycles. The van der Waals surface area contributed by atoms with Crippen molar-refractivity contribution in [2.24, 2.45) is 0 Å². The molecule has 142 valence electrons. The zero-order valence-corrected chi connectivity index (χ0v) is 15.5. The number of ether oxygens (including phenoxy) is 1. The van der Waals surface area contributed by atoms with Gasteiger partial charge in [-0.1, -0.05) is 6.07 Å². The molecule has 3 amide bonds. The van der Waals surface area contributed by atoms with Gasteiger partial charge in [0.15, 0.2) is 13.1 Å². The van der Waals surface area contributed by atoms with E-state index >= 15 is 0 Å². The third-order valence-corrected chi connectivity index (χ3v) is 4.02. The Morgan fingerprint density at radius 3 is 2.62 bits per heavy atom. The molecule has 1 fully saturated rings. The molecule has 0 radical (unpaired) electrons. The van der Waals surface area contributed by atoms with Crippen molar-refractivity contribution in [2.45, 2.75) is 18.9 Å². The highest BCUT2D eigenvalue weighted by atomic mass is 16.5. The number of quaternary nitrogens is 1. The Balaban J connectivity index is 1.74. The molecule has 1 atom stereocenters. The second kappa shape index (κ2) is 9.19. The van der Waals surface area contributed by atoms with Gasteiger partial charge in [-0.15, -0.1) is 0 Å². The van der Waals surface area contributed by atoms with E-state index in [2.05, 4.69) is 10.6 Å². The summed E-state index contributed by atoms with van der Waals surface area (Å²) in [6.07, 6.45) is 2.07. The molecule has 0 bridgehead atoms. The Bertz CT molecular complexity index is 660. The van der Waals surface area contributed by atoms with Gasteiger partial charge in [-0.05, 0) is 25.0 Å². The van der Waals surface area contributed by atoms with Crippen LogP contribution in [0.2, 0.25) is 0 Å². The first kappa shape index (κ1) is 19.7.